The van der Waals surface area contributed by atoms with Gasteiger partial charge >= 0.3 is 0 Å². The van der Waals surface area contributed by atoms with Crippen LogP contribution in [0.3, 0.4) is 0 Å². The van der Waals surface area contributed by atoms with E-state index in [1.165, 1.54) is 6.42 Å². The van der Waals surface area contributed by atoms with E-state index in [1.54, 1.807) is 0 Å². The highest BCUT2D eigenvalue weighted by molar-refractivity contribution is 8.22. The topological polar surface area (TPSA) is 17.1 Å². The molecule has 0 fully saturated rings. The third kappa shape index (κ3) is 4.85. The van der Waals surface area contributed by atoms with Crippen molar-refractivity contribution in [1.82, 2.24) is 0 Å². The van der Waals surface area contributed by atoms with E-state index < -0.39 is 9.36 Å². The van der Waals surface area contributed by atoms with E-state index in [0.717, 1.165) is 12.8 Å². The maximum absolute atomic E-state index is 10.6. The molecule has 0 N–H and O–H groups in total. The molecule has 0 bridgehead atoms. The van der Waals surface area contributed by atoms with Gasteiger partial charge in [-0.25, -0.2) is 0 Å². The van der Waals surface area contributed by atoms with Crippen LogP contribution in [0.2, 0.25) is 0 Å². The Labute approximate surface area is 63.5 Å². The molecular formula is C6H14OS2. The van der Waals surface area contributed by atoms with Crippen molar-refractivity contribution in [3.63, 3.8) is 0 Å². The fourth-order valence-electron chi connectivity index (χ4n) is 0.605. The van der Waals surface area contributed by atoms with Crippen molar-refractivity contribution in [2.45, 2.75) is 38.4 Å². The molecule has 0 aromatic heterocycles. The van der Waals surface area contributed by atoms with Gasteiger partial charge in [-0.05, 0) is 17.6 Å². The van der Waals surface area contributed by atoms with E-state index in [2.05, 4.69) is 18.1 Å². The van der Waals surface area contributed by atoms with Gasteiger partial charge in [0.25, 0.3) is 0 Å². The normalized spacial score (nSPS) is 17.1. The molecule has 0 heterocycles. The number of unbranched alkanes of at least 4 members (excludes halogenated alkanes) is 1. The van der Waals surface area contributed by atoms with Crippen LogP contribution in [0.15, 0.2) is 0 Å². The number of hydrogen-bond donors (Lipinski definition) is 1. The quantitative estimate of drug-likeness (QED) is 0.638. The Morgan fingerprint density at radius 2 is 2.22 bits per heavy atom. The van der Waals surface area contributed by atoms with E-state index in [4.69, 9.17) is 0 Å². The number of thiol groups is 1. The van der Waals surface area contributed by atoms with E-state index in [1.807, 2.05) is 6.92 Å². The van der Waals surface area contributed by atoms with E-state index in [0.29, 0.717) is 0 Å². The predicted octanol–water partition coefficient (Wildman–Crippen LogP) is 1.51. The first-order valence-electron chi connectivity index (χ1n) is 3.32. The van der Waals surface area contributed by atoms with Crippen molar-refractivity contribution in [2.24, 2.45) is 0 Å². The van der Waals surface area contributed by atoms with Crippen molar-refractivity contribution < 1.29 is 4.21 Å². The standard InChI is InChI=1S/C6H14OS2/c1-3-4-5-6(2)9(7)8/h6,9H,3-5H2,1-2H3. The zero-order valence-electron chi connectivity index (χ0n) is 5.96. The van der Waals surface area contributed by atoms with Crippen LogP contribution < -0.4 is 0 Å². The molecule has 9 heavy (non-hydrogen) atoms. The van der Waals surface area contributed by atoms with Crippen LogP contribution in [-0.4, -0.2) is 9.46 Å². The summed E-state index contributed by atoms with van der Waals surface area (Å²) in [5, 5.41) is 0.245. The van der Waals surface area contributed by atoms with E-state index in [-0.39, 0.29) is 5.25 Å². The predicted molar refractivity (Wildman–Crippen MR) is 45.9 cm³/mol. The third-order valence-corrected chi connectivity index (χ3v) is 3.39. The summed E-state index contributed by atoms with van der Waals surface area (Å²) in [6, 6.07) is 0. The van der Waals surface area contributed by atoms with Crippen LogP contribution in [0.1, 0.15) is 33.1 Å². The van der Waals surface area contributed by atoms with Crippen LogP contribution >= 0.6 is 0 Å². The van der Waals surface area contributed by atoms with Gasteiger partial charge in [-0.3, -0.25) is 4.21 Å². The zero-order chi connectivity index (χ0) is 7.28. The Bertz CT molecular complexity index is 121. The molecule has 0 saturated carbocycles. The fraction of sp³-hybridized carbons (Fsp3) is 1.00. The minimum atomic E-state index is -1.34. The Kier molecular flexibility index (Phi) is 5.39. The number of rotatable bonds is 4. The molecule has 1 nitrogen and oxygen atoms in total. The highest BCUT2D eigenvalue weighted by Gasteiger charge is 1.98. The van der Waals surface area contributed by atoms with E-state index >= 15 is 0 Å². The molecule has 0 aromatic rings. The summed E-state index contributed by atoms with van der Waals surface area (Å²) in [7, 11) is -1.34. The summed E-state index contributed by atoms with van der Waals surface area (Å²) in [4.78, 5) is 0. The van der Waals surface area contributed by atoms with Crippen LogP contribution in [0.5, 0.6) is 0 Å². The molecule has 56 valence electrons. The molecular weight excluding hydrogens is 152 g/mol. The molecule has 0 aliphatic rings. The second kappa shape index (κ2) is 5.18. The van der Waals surface area contributed by atoms with Crippen molar-refractivity contribution >= 4 is 20.5 Å². The van der Waals surface area contributed by atoms with Crippen LogP contribution in [0, 0.1) is 0 Å². The van der Waals surface area contributed by atoms with Gasteiger partial charge < -0.3 is 0 Å². The molecule has 0 aromatic carbocycles. The first-order valence-corrected chi connectivity index (χ1v) is 5.66. The molecule has 0 spiro atoms. The van der Waals surface area contributed by atoms with Gasteiger partial charge in [-0.1, -0.05) is 26.7 Å². The van der Waals surface area contributed by atoms with Crippen molar-refractivity contribution in [3.8, 4) is 0 Å². The average molecular weight is 166 g/mol. The van der Waals surface area contributed by atoms with Crippen molar-refractivity contribution in [1.29, 1.82) is 0 Å². The summed E-state index contributed by atoms with van der Waals surface area (Å²) in [6.45, 7) is 4.09. The molecule has 0 saturated heterocycles. The van der Waals surface area contributed by atoms with Crippen LogP contribution in [0.4, 0.5) is 0 Å². The summed E-state index contributed by atoms with van der Waals surface area (Å²) in [6.07, 6.45) is 3.34. The minimum absolute atomic E-state index is 0.245. The maximum atomic E-state index is 10.6. The van der Waals surface area contributed by atoms with E-state index in [9.17, 15) is 4.21 Å². The smallest absolute Gasteiger partial charge is 0.0317 e. The second-order valence-electron chi connectivity index (χ2n) is 2.28. The first kappa shape index (κ1) is 9.37. The fourth-order valence-corrected chi connectivity index (χ4v) is 1.31. The lowest BCUT2D eigenvalue weighted by molar-refractivity contribution is 0.661. The molecule has 2 unspecified atom stereocenters. The second-order valence-corrected chi connectivity index (χ2v) is 4.81. The first-order chi connectivity index (χ1) is 4.18. The van der Waals surface area contributed by atoms with Gasteiger partial charge in [0.15, 0.2) is 0 Å². The Hall–Kier alpha value is 0.370. The van der Waals surface area contributed by atoms with Gasteiger partial charge in [0, 0.05) is 14.6 Å². The molecule has 0 rings (SSSR count). The van der Waals surface area contributed by atoms with Gasteiger partial charge in [-0.15, -0.1) is 0 Å². The molecule has 2 atom stereocenters. The van der Waals surface area contributed by atoms with Crippen molar-refractivity contribution in [3.05, 3.63) is 0 Å². The maximum Gasteiger partial charge on any atom is 0.0317 e. The SMILES string of the molecule is CCCCC(C)[SH](=O)=S. The lowest BCUT2D eigenvalue weighted by Gasteiger charge is -2.00. The van der Waals surface area contributed by atoms with Gasteiger partial charge in [0.2, 0.25) is 0 Å². The lowest BCUT2D eigenvalue weighted by atomic mass is 10.2. The summed E-state index contributed by atoms with van der Waals surface area (Å²) in [5.41, 5.74) is 0. The summed E-state index contributed by atoms with van der Waals surface area (Å²) >= 11 is 4.62. The molecule has 0 aliphatic heterocycles. The zero-order valence-corrected chi connectivity index (χ0v) is 7.67. The highest BCUT2D eigenvalue weighted by Crippen LogP contribution is 2.01. The van der Waals surface area contributed by atoms with Gasteiger partial charge in [-0.2, -0.15) is 0 Å². The monoisotopic (exact) mass is 166 g/mol. The van der Waals surface area contributed by atoms with Crippen LogP contribution in [-0.2, 0) is 20.5 Å². The molecule has 0 radical (unpaired) electrons. The van der Waals surface area contributed by atoms with Gasteiger partial charge in [0.1, 0.15) is 0 Å². The molecule has 0 aliphatic carbocycles. The Balaban J connectivity index is 3.38. The minimum Gasteiger partial charge on any atom is -0.260 e. The van der Waals surface area contributed by atoms with Crippen molar-refractivity contribution in [2.75, 3.05) is 0 Å². The summed E-state index contributed by atoms with van der Waals surface area (Å²) in [5.74, 6) is 0. The van der Waals surface area contributed by atoms with Gasteiger partial charge in [0.05, 0.1) is 0 Å². The Morgan fingerprint density at radius 1 is 1.67 bits per heavy atom. The summed E-state index contributed by atoms with van der Waals surface area (Å²) < 4.78 is 10.6. The Morgan fingerprint density at radius 3 is 2.56 bits per heavy atom. The average Bonchev–Trinajstić information content (AvgIpc) is 1.82. The third-order valence-electron chi connectivity index (χ3n) is 1.34. The van der Waals surface area contributed by atoms with Crippen LogP contribution in [0.25, 0.3) is 0 Å². The molecule has 0 amide bonds. The largest absolute Gasteiger partial charge is 0.260 e. The molecule has 3 heteroatoms. The number of hydrogen-bond acceptors (Lipinski definition) is 2. The highest BCUT2D eigenvalue weighted by atomic mass is 32.8. The lowest BCUT2D eigenvalue weighted by Crippen LogP contribution is -2.01.